The second kappa shape index (κ2) is 5.71. The fourth-order valence-electron chi connectivity index (χ4n) is 3.06. The molecule has 4 nitrogen and oxygen atoms in total. The number of imidazole rings is 1. The van der Waals surface area contributed by atoms with Gasteiger partial charge in [0.25, 0.3) is 0 Å². The van der Waals surface area contributed by atoms with Crippen molar-refractivity contribution in [2.75, 3.05) is 0 Å². The van der Waals surface area contributed by atoms with Crippen LogP contribution >= 0.6 is 0 Å². The van der Waals surface area contributed by atoms with E-state index in [1.807, 2.05) is 24.3 Å². The van der Waals surface area contributed by atoms with Crippen LogP contribution in [0.25, 0.3) is 33.7 Å². The summed E-state index contributed by atoms with van der Waals surface area (Å²) in [4.78, 5) is 14.4. The van der Waals surface area contributed by atoms with E-state index in [0.29, 0.717) is 11.7 Å². The summed E-state index contributed by atoms with van der Waals surface area (Å²) in [6.45, 7) is 6.49. The molecular weight excluding hydrogens is 296 g/mol. The number of benzene rings is 2. The smallest absolute Gasteiger partial charge is 0.198 e. The van der Waals surface area contributed by atoms with E-state index in [9.17, 15) is 0 Å². The summed E-state index contributed by atoms with van der Waals surface area (Å²) in [5.41, 5.74) is 5.70. The third kappa shape index (κ3) is 2.35. The van der Waals surface area contributed by atoms with Crippen LogP contribution in [0.2, 0.25) is 0 Å². The molecule has 0 radical (unpaired) electrons. The summed E-state index contributed by atoms with van der Waals surface area (Å²) in [6, 6.07) is 16.7. The van der Waals surface area contributed by atoms with E-state index >= 15 is 0 Å². The van der Waals surface area contributed by atoms with Gasteiger partial charge in [-0.3, -0.25) is 0 Å². The molecule has 2 heterocycles. The standard InChI is InChI=1S/C20H20N4/c1-4-14(3)24-19(15-9-7-8-13(2)12-15)23-18-20(24)22-17-11-6-5-10-16(17)21-18/h5-12,14H,4H2,1-3H3/t14-/m0/s1. The fraction of sp³-hybridized carbons (Fsp3) is 0.250. The average Bonchev–Trinajstić information content (AvgIpc) is 2.97. The Kier molecular flexibility index (Phi) is 3.53. The normalized spacial score (nSPS) is 12.8. The molecule has 1 atom stereocenters. The molecule has 0 aliphatic carbocycles. The molecule has 0 unspecified atom stereocenters. The van der Waals surface area contributed by atoms with Gasteiger partial charge in [-0.1, -0.05) is 42.8 Å². The highest BCUT2D eigenvalue weighted by atomic mass is 15.2. The Morgan fingerprint density at radius 1 is 0.958 bits per heavy atom. The van der Waals surface area contributed by atoms with Crippen molar-refractivity contribution in [2.45, 2.75) is 33.2 Å². The summed E-state index contributed by atoms with van der Waals surface area (Å²) in [5, 5.41) is 0. The van der Waals surface area contributed by atoms with Gasteiger partial charge in [-0.2, -0.15) is 0 Å². The molecule has 2 aromatic heterocycles. The molecule has 24 heavy (non-hydrogen) atoms. The Labute approximate surface area is 141 Å². The molecule has 4 rings (SSSR count). The molecule has 0 saturated carbocycles. The Balaban J connectivity index is 2.06. The van der Waals surface area contributed by atoms with E-state index in [0.717, 1.165) is 34.5 Å². The molecule has 0 saturated heterocycles. The SMILES string of the molecule is CC[C@H](C)n1c(-c2cccc(C)c2)nc2nc3ccccc3nc21. The zero-order valence-electron chi connectivity index (χ0n) is 14.2. The first-order chi connectivity index (χ1) is 11.7. The van der Waals surface area contributed by atoms with Crippen LogP contribution in [0.4, 0.5) is 0 Å². The largest absolute Gasteiger partial charge is 0.304 e. The maximum Gasteiger partial charge on any atom is 0.198 e. The van der Waals surface area contributed by atoms with Crippen molar-refractivity contribution < 1.29 is 0 Å². The first kappa shape index (κ1) is 14.8. The van der Waals surface area contributed by atoms with Crippen molar-refractivity contribution in [1.82, 2.24) is 19.5 Å². The minimum Gasteiger partial charge on any atom is -0.304 e. The second-order valence-corrected chi connectivity index (χ2v) is 6.29. The fourth-order valence-corrected chi connectivity index (χ4v) is 3.06. The van der Waals surface area contributed by atoms with Crippen molar-refractivity contribution in [3.8, 4) is 11.4 Å². The lowest BCUT2D eigenvalue weighted by molar-refractivity contribution is 0.547. The van der Waals surface area contributed by atoms with E-state index in [1.165, 1.54) is 5.56 Å². The van der Waals surface area contributed by atoms with E-state index in [-0.39, 0.29) is 0 Å². The molecule has 0 aliphatic rings. The molecule has 0 bridgehead atoms. The number of nitrogens with zero attached hydrogens (tertiary/aromatic N) is 4. The van der Waals surface area contributed by atoms with Crippen LogP contribution in [0, 0.1) is 6.92 Å². The van der Waals surface area contributed by atoms with Crippen LogP contribution in [0.3, 0.4) is 0 Å². The lowest BCUT2D eigenvalue weighted by Crippen LogP contribution is -2.07. The Hall–Kier alpha value is -2.75. The predicted octanol–water partition coefficient (Wildman–Crippen LogP) is 4.93. The van der Waals surface area contributed by atoms with Crippen molar-refractivity contribution in [3.05, 3.63) is 54.1 Å². The second-order valence-electron chi connectivity index (χ2n) is 6.29. The maximum atomic E-state index is 4.85. The van der Waals surface area contributed by atoms with Gasteiger partial charge in [0, 0.05) is 11.6 Å². The zero-order valence-corrected chi connectivity index (χ0v) is 14.2. The van der Waals surface area contributed by atoms with Gasteiger partial charge >= 0.3 is 0 Å². The van der Waals surface area contributed by atoms with Crippen LogP contribution in [0.5, 0.6) is 0 Å². The Morgan fingerprint density at radius 3 is 2.42 bits per heavy atom. The van der Waals surface area contributed by atoms with Crippen LogP contribution in [-0.4, -0.2) is 19.5 Å². The molecule has 0 N–H and O–H groups in total. The molecule has 120 valence electrons. The van der Waals surface area contributed by atoms with Crippen LogP contribution in [-0.2, 0) is 0 Å². The van der Waals surface area contributed by atoms with E-state index in [1.54, 1.807) is 0 Å². The van der Waals surface area contributed by atoms with Gasteiger partial charge < -0.3 is 4.57 Å². The van der Waals surface area contributed by atoms with Gasteiger partial charge in [-0.15, -0.1) is 0 Å². The highest BCUT2D eigenvalue weighted by molar-refractivity contribution is 5.85. The summed E-state index contributed by atoms with van der Waals surface area (Å²) in [7, 11) is 0. The number of fused-ring (bicyclic) bond motifs is 2. The zero-order chi connectivity index (χ0) is 16.7. The minimum atomic E-state index is 0.306. The molecular formula is C20H20N4. The molecule has 0 fully saturated rings. The molecule has 0 amide bonds. The van der Waals surface area contributed by atoms with Gasteiger partial charge in [0.15, 0.2) is 11.3 Å². The molecule has 4 heteroatoms. The van der Waals surface area contributed by atoms with Gasteiger partial charge in [0.05, 0.1) is 11.0 Å². The van der Waals surface area contributed by atoms with Crippen molar-refractivity contribution in [2.24, 2.45) is 0 Å². The third-order valence-electron chi connectivity index (χ3n) is 4.51. The van der Waals surface area contributed by atoms with Gasteiger partial charge in [-0.25, -0.2) is 15.0 Å². The predicted molar refractivity (Wildman–Crippen MR) is 98.0 cm³/mol. The quantitative estimate of drug-likeness (QED) is 0.538. The lowest BCUT2D eigenvalue weighted by Gasteiger charge is -2.15. The van der Waals surface area contributed by atoms with Gasteiger partial charge in [0.2, 0.25) is 0 Å². The summed E-state index contributed by atoms with van der Waals surface area (Å²) < 4.78 is 2.23. The molecule has 0 spiro atoms. The van der Waals surface area contributed by atoms with Gasteiger partial charge in [-0.05, 0) is 38.5 Å². The maximum absolute atomic E-state index is 4.85. The monoisotopic (exact) mass is 316 g/mol. The minimum absolute atomic E-state index is 0.306. The number of para-hydroxylation sites is 2. The number of hydrogen-bond acceptors (Lipinski definition) is 3. The lowest BCUT2D eigenvalue weighted by atomic mass is 10.1. The molecule has 4 aromatic rings. The summed E-state index contributed by atoms with van der Waals surface area (Å²) in [6.07, 6.45) is 1.01. The summed E-state index contributed by atoms with van der Waals surface area (Å²) in [5.74, 6) is 0.943. The van der Waals surface area contributed by atoms with Crippen LogP contribution in [0.15, 0.2) is 48.5 Å². The van der Waals surface area contributed by atoms with E-state index in [2.05, 4.69) is 49.6 Å². The molecule has 0 aliphatic heterocycles. The van der Waals surface area contributed by atoms with Crippen LogP contribution < -0.4 is 0 Å². The highest BCUT2D eigenvalue weighted by Crippen LogP contribution is 2.29. The topological polar surface area (TPSA) is 43.6 Å². The first-order valence-corrected chi connectivity index (χ1v) is 8.39. The Morgan fingerprint density at radius 2 is 1.71 bits per heavy atom. The number of rotatable bonds is 3. The Bertz CT molecular complexity index is 1030. The van der Waals surface area contributed by atoms with Crippen LogP contribution in [0.1, 0.15) is 31.9 Å². The first-order valence-electron chi connectivity index (χ1n) is 8.39. The summed E-state index contributed by atoms with van der Waals surface area (Å²) >= 11 is 0. The third-order valence-corrected chi connectivity index (χ3v) is 4.51. The van der Waals surface area contributed by atoms with Crippen molar-refractivity contribution >= 4 is 22.3 Å². The number of aromatic nitrogens is 4. The van der Waals surface area contributed by atoms with Gasteiger partial charge in [0.1, 0.15) is 5.82 Å². The molecule has 2 aromatic carbocycles. The number of hydrogen-bond donors (Lipinski definition) is 0. The van der Waals surface area contributed by atoms with E-state index in [4.69, 9.17) is 15.0 Å². The van der Waals surface area contributed by atoms with Crippen molar-refractivity contribution in [3.63, 3.8) is 0 Å². The van der Waals surface area contributed by atoms with Crippen molar-refractivity contribution in [1.29, 1.82) is 0 Å². The highest BCUT2D eigenvalue weighted by Gasteiger charge is 2.19. The van der Waals surface area contributed by atoms with E-state index < -0.39 is 0 Å². The number of aryl methyl sites for hydroxylation is 1. The average molecular weight is 316 g/mol.